The third-order valence-corrected chi connectivity index (χ3v) is 15.9. The van der Waals surface area contributed by atoms with Crippen LogP contribution in [0.5, 0.6) is 0 Å². The molecular weight excluding hydrogens is 622 g/mol. The molecule has 0 saturated heterocycles. The molecular formula is C34H40NaO6PS2. The van der Waals surface area contributed by atoms with Crippen LogP contribution in [0.15, 0.2) is 76.5 Å². The smallest absolute Gasteiger partial charge is 0.744 e. The van der Waals surface area contributed by atoms with Crippen molar-refractivity contribution in [2.45, 2.75) is 110 Å². The summed E-state index contributed by atoms with van der Waals surface area (Å²) in [6.07, 6.45) is 14.7. The first-order chi connectivity index (χ1) is 20.6. The van der Waals surface area contributed by atoms with Crippen LogP contribution >= 0.6 is 7.92 Å². The van der Waals surface area contributed by atoms with Crippen molar-refractivity contribution in [3.8, 4) is 11.1 Å². The van der Waals surface area contributed by atoms with Crippen molar-refractivity contribution in [1.29, 1.82) is 0 Å². The van der Waals surface area contributed by atoms with Gasteiger partial charge in [-0.2, -0.15) is 8.42 Å². The summed E-state index contributed by atoms with van der Waals surface area (Å²) in [5, 5.41) is -0.343. The molecule has 3 aliphatic rings. The van der Waals surface area contributed by atoms with Gasteiger partial charge in [0.05, 0.1) is 9.79 Å². The van der Waals surface area contributed by atoms with Crippen LogP contribution in [0.4, 0.5) is 0 Å². The Morgan fingerprint density at radius 2 is 1.27 bits per heavy atom. The van der Waals surface area contributed by atoms with Crippen molar-refractivity contribution in [1.82, 2.24) is 0 Å². The Labute approximate surface area is 286 Å². The van der Waals surface area contributed by atoms with E-state index in [9.17, 15) is 25.9 Å². The molecule has 0 spiro atoms. The minimum absolute atomic E-state index is 0. The van der Waals surface area contributed by atoms with Crippen molar-refractivity contribution in [2.75, 3.05) is 0 Å². The largest absolute Gasteiger partial charge is 1.00 e. The Morgan fingerprint density at radius 3 is 1.84 bits per heavy atom. The van der Waals surface area contributed by atoms with Gasteiger partial charge in [-0.05, 0) is 108 Å². The van der Waals surface area contributed by atoms with Gasteiger partial charge in [0, 0.05) is 5.16 Å². The van der Waals surface area contributed by atoms with Crippen LogP contribution in [0.2, 0.25) is 0 Å². The Bertz CT molecular complexity index is 1660. The molecule has 6 rings (SSSR count). The maximum Gasteiger partial charge on any atom is 1.00 e. The van der Waals surface area contributed by atoms with Crippen LogP contribution < -0.4 is 29.6 Å². The number of aryl methyl sites for hydroxylation is 1. The molecule has 1 atom stereocenters. The van der Waals surface area contributed by atoms with Gasteiger partial charge in [0.1, 0.15) is 10.1 Å². The quantitative estimate of drug-likeness (QED) is 0.191. The van der Waals surface area contributed by atoms with Gasteiger partial charge < -0.3 is 4.55 Å². The molecule has 44 heavy (non-hydrogen) atoms. The van der Waals surface area contributed by atoms with E-state index in [1.54, 1.807) is 18.2 Å². The summed E-state index contributed by atoms with van der Waals surface area (Å²) in [5.41, 5.74) is 6.77. The van der Waals surface area contributed by atoms with E-state index in [-0.39, 0.29) is 44.5 Å². The van der Waals surface area contributed by atoms with E-state index >= 15 is 0 Å². The molecule has 2 fully saturated rings. The molecule has 10 heteroatoms. The molecule has 0 amide bonds. The summed E-state index contributed by atoms with van der Waals surface area (Å²) >= 11 is 0. The minimum Gasteiger partial charge on any atom is -0.744 e. The molecule has 230 valence electrons. The second-order valence-electron chi connectivity index (χ2n) is 12.5. The molecule has 3 aromatic rings. The van der Waals surface area contributed by atoms with Gasteiger partial charge in [0.2, 0.25) is 0 Å². The second-order valence-corrected chi connectivity index (χ2v) is 18.4. The fourth-order valence-electron chi connectivity index (χ4n) is 8.17. The monoisotopic (exact) mass is 662 g/mol. The summed E-state index contributed by atoms with van der Waals surface area (Å²) in [6.45, 7) is 0. The van der Waals surface area contributed by atoms with Crippen LogP contribution in [-0.2, 0) is 31.8 Å². The van der Waals surface area contributed by atoms with E-state index in [1.807, 2.05) is 6.07 Å². The number of rotatable bonds is 9. The first-order valence-electron chi connectivity index (χ1n) is 15.6. The summed E-state index contributed by atoms with van der Waals surface area (Å²) < 4.78 is 69.5. The minimum atomic E-state index is -4.50. The van der Waals surface area contributed by atoms with Gasteiger partial charge in [-0.15, -0.1) is 0 Å². The Hall–Kier alpha value is -1.09. The Kier molecular flexibility index (Phi) is 10.9. The zero-order valence-electron chi connectivity index (χ0n) is 25.5. The first kappa shape index (κ1) is 34.3. The van der Waals surface area contributed by atoms with Crippen molar-refractivity contribution >= 4 is 28.2 Å². The molecule has 1 N–H and O–H groups in total. The number of benzene rings is 3. The third kappa shape index (κ3) is 6.80. The van der Waals surface area contributed by atoms with Gasteiger partial charge in [0.15, 0.2) is 0 Å². The predicted molar refractivity (Wildman–Crippen MR) is 170 cm³/mol. The van der Waals surface area contributed by atoms with Crippen LogP contribution in [0, 0.1) is 0 Å². The topological polar surface area (TPSA) is 112 Å². The fraction of sp³-hybridized carbons (Fsp3) is 0.471. The van der Waals surface area contributed by atoms with Crippen LogP contribution in [0.3, 0.4) is 0 Å². The predicted octanol–water partition coefficient (Wildman–Crippen LogP) is 5.24. The molecule has 2 saturated carbocycles. The molecule has 0 bridgehead atoms. The zero-order chi connectivity index (χ0) is 30.2. The van der Waals surface area contributed by atoms with Gasteiger partial charge in [0.25, 0.3) is 10.1 Å². The molecule has 0 radical (unpaired) electrons. The Balaban J connectivity index is 0.00000384. The zero-order valence-corrected chi connectivity index (χ0v) is 30.0. The first-order valence-corrected chi connectivity index (χ1v) is 20.0. The molecule has 6 nitrogen and oxygen atoms in total. The molecule has 0 heterocycles. The van der Waals surface area contributed by atoms with Crippen molar-refractivity contribution < 1.29 is 55.5 Å². The molecule has 3 aromatic carbocycles. The van der Waals surface area contributed by atoms with E-state index in [4.69, 9.17) is 0 Å². The molecule has 0 aliphatic heterocycles. The van der Waals surface area contributed by atoms with Gasteiger partial charge >= 0.3 is 29.6 Å². The van der Waals surface area contributed by atoms with Gasteiger partial charge in [-0.3, -0.25) is 4.55 Å². The number of hydrogen-bond donors (Lipinski definition) is 1. The normalized spacial score (nSPS) is 21.1. The van der Waals surface area contributed by atoms with Crippen molar-refractivity contribution in [3.63, 3.8) is 0 Å². The Morgan fingerprint density at radius 1 is 0.727 bits per heavy atom. The van der Waals surface area contributed by atoms with Crippen LogP contribution in [-0.4, -0.2) is 37.3 Å². The van der Waals surface area contributed by atoms with Gasteiger partial charge in [-0.25, -0.2) is 8.42 Å². The van der Waals surface area contributed by atoms with E-state index in [0.717, 1.165) is 36.0 Å². The maximum absolute atomic E-state index is 12.5. The maximum atomic E-state index is 12.5. The molecule has 3 aliphatic carbocycles. The molecule has 1 unspecified atom stereocenters. The second kappa shape index (κ2) is 13.9. The summed E-state index contributed by atoms with van der Waals surface area (Å²) in [6, 6.07) is 20.1. The standard InChI is InChI=1S/C34H41O6PS2.Na/c35-42(36,37)28-19-17-25(18-20-28)10-9-23-34(41(26-11-3-1-4-12-26)27-13-5-2-6-14-27)32-16-8-7-15-30(32)31-22-21-29(24-33(31)34)43(38,39)40;/h7-8,15-22,24,26-27H,1-6,9-14,23H2,(H,35,36,37)(H,38,39,40);/q;+1/p-1. The summed E-state index contributed by atoms with van der Waals surface area (Å²) in [4.78, 5) is -0.262. The fourth-order valence-corrected chi connectivity index (χ4v) is 14.2. The average molecular weight is 663 g/mol. The van der Waals surface area contributed by atoms with E-state index in [2.05, 4.69) is 24.3 Å². The van der Waals surface area contributed by atoms with Crippen molar-refractivity contribution in [3.05, 3.63) is 83.4 Å². The summed E-state index contributed by atoms with van der Waals surface area (Å²) in [5.74, 6) is 0. The van der Waals surface area contributed by atoms with E-state index in [0.29, 0.717) is 11.3 Å². The number of fused-ring (bicyclic) bond motifs is 3. The number of hydrogen-bond acceptors (Lipinski definition) is 5. The average Bonchev–Trinajstić information content (AvgIpc) is 3.27. The molecule has 0 aromatic heterocycles. The SMILES string of the molecule is O=S(=O)([O-])c1ccc(CCCC2(P(C3CCCCC3)C3CCCCC3)c3ccccc3-c3ccc(S(=O)(=O)O)cc32)cc1.[Na+]. The van der Waals surface area contributed by atoms with Crippen LogP contribution in [0.1, 0.15) is 93.7 Å². The van der Waals surface area contributed by atoms with E-state index in [1.165, 1.54) is 93.5 Å². The van der Waals surface area contributed by atoms with Crippen molar-refractivity contribution in [2.24, 2.45) is 0 Å². The van der Waals surface area contributed by atoms with Gasteiger partial charge in [-0.1, -0.05) is 88.9 Å². The summed E-state index contributed by atoms with van der Waals surface area (Å²) in [7, 11) is -9.49. The van der Waals surface area contributed by atoms with Crippen LogP contribution in [0.25, 0.3) is 11.1 Å². The van der Waals surface area contributed by atoms with E-state index < -0.39 is 28.2 Å². The third-order valence-electron chi connectivity index (χ3n) is 9.99.